The van der Waals surface area contributed by atoms with Gasteiger partial charge in [-0.1, -0.05) is 24.9 Å². The van der Waals surface area contributed by atoms with Crippen LogP contribution < -0.4 is 5.32 Å². The molecule has 0 saturated heterocycles. The van der Waals surface area contributed by atoms with Crippen LogP contribution in [-0.4, -0.2) is 16.1 Å². The first-order chi connectivity index (χ1) is 9.58. The number of anilines is 2. The summed E-state index contributed by atoms with van der Waals surface area (Å²) in [6, 6.07) is 10.3. The highest BCUT2D eigenvalue weighted by Gasteiger charge is 2.08. The van der Waals surface area contributed by atoms with E-state index in [0.717, 1.165) is 24.2 Å². The monoisotopic (exact) mass is 290 g/mol. The minimum absolute atomic E-state index is 0.236. The van der Waals surface area contributed by atoms with Crippen molar-refractivity contribution in [3.05, 3.63) is 52.7 Å². The maximum atomic E-state index is 11.1. The average Bonchev–Trinajstić information content (AvgIpc) is 2.41. The molecule has 0 unspecified atom stereocenters. The van der Waals surface area contributed by atoms with Crippen molar-refractivity contribution in [3.63, 3.8) is 0 Å². The normalized spacial score (nSPS) is 10.3. The molecule has 2 aromatic rings. The van der Waals surface area contributed by atoms with E-state index in [2.05, 4.69) is 10.3 Å². The van der Waals surface area contributed by atoms with Gasteiger partial charge < -0.3 is 10.4 Å². The number of halogens is 1. The van der Waals surface area contributed by atoms with E-state index in [1.54, 1.807) is 18.2 Å². The van der Waals surface area contributed by atoms with Gasteiger partial charge in [0, 0.05) is 16.4 Å². The van der Waals surface area contributed by atoms with E-state index in [9.17, 15) is 4.79 Å². The maximum Gasteiger partial charge on any atom is 0.335 e. The summed E-state index contributed by atoms with van der Waals surface area (Å²) in [7, 11) is 0. The number of carbonyl (C=O) groups is 1. The second kappa shape index (κ2) is 6.39. The smallest absolute Gasteiger partial charge is 0.335 e. The molecule has 1 aromatic heterocycles. The van der Waals surface area contributed by atoms with E-state index in [0.29, 0.717) is 10.8 Å². The molecular formula is C15H15ClN2O2. The summed E-state index contributed by atoms with van der Waals surface area (Å²) in [5.74, 6) is -0.431. The van der Waals surface area contributed by atoms with Crippen LogP contribution in [-0.2, 0) is 6.42 Å². The summed E-state index contributed by atoms with van der Waals surface area (Å²) in [4.78, 5) is 15.5. The van der Waals surface area contributed by atoms with Gasteiger partial charge in [-0.25, -0.2) is 9.78 Å². The predicted octanol–water partition coefficient (Wildman–Crippen LogP) is 4.13. The van der Waals surface area contributed by atoms with Gasteiger partial charge in [0.1, 0.15) is 5.82 Å². The lowest BCUT2D eigenvalue weighted by atomic mass is 10.1. The summed E-state index contributed by atoms with van der Waals surface area (Å²) in [6.45, 7) is 2.03. The van der Waals surface area contributed by atoms with Crippen LogP contribution in [0.2, 0.25) is 5.02 Å². The topological polar surface area (TPSA) is 62.2 Å². The number of benzene rings is 1. The zero-order valence-corrected chi connectivity index (χ0v) is 11.8. The summed E-state index contributed by atoms with van der Waals surface area (Å²) in [6.07, 6.45) is 1.66. The molecule has 0 atom stereocenters. The van der Waals surface area contributed by atoms with Gasteiger partial charge in [-0.05, 0) is 42.8 Å². The Kier molecular flexibility index (Phi) is 4.58. The van der Waals surface area contributed by atoms with E-state index >= 15 is 0 Å². The lowest BCUT2D eigenvalue weighted by Crippen LogP contribution is -2.03. The first-order valence-corrected chi connectivity index (χ1v) is 6.73. The molecule has 0 aliphatic carbocycles. The SMILES string of the molecule is CCCc1cc(C(=O)O)cc(Nc2ccc(Cl)cc2)n1. The van der Waals surface area contributed by atoms with Gasteiger partial charge >= 0.3 is 5.97 Å². The Morgan fingerprint density at radius 1 is 1.30 bits per heavy atom. The van der Waals surface area contributed by atoms with Crippen LogP contribution in [0.25, 0.3) is 0 Å². The second-order valence-electron chi connectivity index (χ2n) is 4.42. The van der Waals surface area contributed by atoms with Gasteiger partial charge in [0.2, 0.25) is 0 Å². The lowest BCUT2D eigenvalue weighted by Gasteiger charge is -2.09. The maximum absolute atomic E-state index is 11.1. The molecule has 0 spiro atoms. The highest BCUT2D eigenvalue weighted by Crippen LogP contribution is 2.19. The Morgan fingerprint density at radius 3 is 2.60 bits per heavy atom. The van der Waals surface area contributed by atoms with Crippen LogP contribution in [0.1, 0.15) is 29.4 Å². The third-order valence-corrected chi connectivity index (χ3v) is 3.00. The molecule has 2 rings (SSSR count). The Balaban J connectivity index is 2.29. The van der Waals surface area contributed by atoms with Crippen molar-refractivity contribution in [1.82, 2.24) is 4.98 Å². The quantitative estimate of drug-likeness (QED) is 0.869. The largest absolute Gasteiger partial charge is 0.478 e. The molecule has 0 radical (unpaired) electrons. The molecule has 0 aliphatic heterocycles. The molecule has 5 heteroatoms. The molecule has 0 saturated carbocycles. The van der Waals surface area contributed by atoms with Gasteiger partial charge in [0.05, 0.1) is 5.56 Å². The number of aromatic nitrogens is 1. The number of carboxylic acid groups (broad SMARTS) is 1. The van der Waals surface area contributed by atoms with E-state index in [4.69, 9.17) is 16.7 Å². The third-order valence-electron chi connectivity index (χ3n) is 2.75. The molecule has 0 amide bonds. The van der Waals surface area contributed by atoms with Crippen molar-refractivity contribution < 1.29 is 9.90 Å². The Labute approximate surface area is 122 Å². The van der Waals surface area contributed by atoms with E-state index < -0.39 is 5.97 Å². The average molecular weight is 291 g/mol. The van der Waals surface area contributed by atoms with Crippen molar-refractivity contribution >= 4 is 29.1 Å². The highest BCUT2D eigenvalue weighted by atomic mass is 35.5. The van der Waals surface area contributed by atoms with Crippen LogP contribution in [0.5, 0.6) is 0 Å². The number of carboxylic acids is 1. The molecule has 1 aromatic carbocycles. The highest BCUT2D eigenvalue weighted by molar-refractivity contribution is 6.30. The van der Waals surface area contributed by atoms with E-state index in [1.807, 2.05) is 19.1 Å². The fourth-order valence-electron chi connectivity index (χ4n) is 1.84. The number of hydrogen-bond acceptors (Lipinski definition) is 3. The zero-order chi connectivity index (χ0) is 14.5. The lowest BCUT2D eigenvalue weighted by molar-refractivity contribution is 0.0696. The van der Waals surface area contributed by atoms with Crippen molar-refractivity contribution in [1.29, 1.82) is 0 Å². The fourth-order valence-corrected chi connectivity index (χ4v) is 1.97. The Hall–Kier alpha value is -2.07. The summed E-state index contributed by atoms with van der Waals surface area (Å²) in [5.41, 5.74) is 1.82. The molecule has 0 fully saturated rings. The number of aromatic carboxylic acids is 1. The summed E-state index contributed by atoms with van der Waals surface area (Å²) >= 11 is 5.83. The number of aryl methyl sites for hydroxylation is 1. The summed E-state index contributed by atoms with van der Waals surface area (Å²) < 4.78 is 0. The van der Waals surface area contributed by atoms with Crippen molar-refractivity contribution in [2.45, 2.75) is 19.8 Å². The zero-order valence-electron chi connectivity index (χ0n) is 11.1. The van der Waals surface area contributed by atoms with Crippen LogP contribution in [0.15, 0.2) is 36.4 Å². The number of rotatable bonds is 5. The molecule has 0 aliphatic rings. The van der Waals surface area contributed by atoms with Crippen LogP contribution in [0.4, 0.5) is 11.5 Å². The van der Waals surface area contributed by atoms with Gasteiger partial charge in [0.15, 0.2) is 0 Å². The first kappa shape index (κ1) is 14.3. The Morgan fingerprint density at radius 2 is 2.00 bits per heavy atom. The van der Waals surface area contributed by atoms with Gasteiger partial charge in [0.25, 0.3) is 0 Å². The van der Waals surface area contributed by atoms with Crippen molar-refractivity contribution in [2.24, 2.45) is 0 Å². The van der Waals surface area contributed by atoms with Crippen molar-refractivity contribution in [2.75, 3.05) is 5.32 Å². The van der Waals surface area contributed by atoms with Crippen molar-refractivity contribution in [3.8, 4) is 0 Å². The number of nitrogens with one attached hydrogen (secondary N) is 1. The molecule has 104 valence electrons. The molecular weight excluding hydrogens is 276 g/mol. The van der Waals surface area contributed by atoms with Gasteiger partial charge in [-0.3, -0.25) is 0 Å². The predicted molar refractivity (Wildman–Crippen MR) is 79.9 cm³/mol. The molecule has 1 heterocycles. The molecule has 2 N–H and O–H groups in total. The number of pyridine rings is 1. The summed E-state index contributed by atoms with van der Waals surface area (Å²) in [5, 5.41) is 12.9. The first-order valence-electron chi connectivity index (χ1n) is 6.35. The van der Waals surface area contributed by atoms with E-state index in [-0.39, 0.29) is 5.56 Å². The number of nitrogens with zero attached hydrogens (tertiary/aromatic N) is 1. The van der Waals surface area contributed by atoms with E-state index in [1.165, 1.54) is 6.07 Å². The minimum atomic E-state index is -0.955. The third kappa shape index (κ3) is 3.71. The second-order valence-corrected chi connectivity index (χ2v) is 4.86. The van der Waals surface area contributed by atoms with Crippen LogP contribution >= 0.6 is 11.6 Å². The Bertz CT molecular complexity index is 612. The van der Waals surface area contributed by atoms with Crippen LogP contribution in [0, 0.1) is 0 Å². The van der Waals surface area contributed by atoms with Gasteiger partial charge in [-0.15, -0.1) is 0 Å². The minimum Gasteiger partial charge on any atom is -0.478 e. The number of hydrogen-bond donors (Lipinski definition) is 2. The van der Waals surface area contributed by atoms with Crippen LogP contribution in [0.3, 0.4) is 0 Å². The molecule has 20 heavy (non-hydrogen) atoms. The molecule has 0 bridgehead atoms. The van der Waals surface area contributed by atoms with Gasteiger partial charge in [-0.2, -0.15) is 0 Å². The standard InChI is InChI=1S/C15H15ClN2O2/c1-2-3-13-8-10(15(19)20)9-14(18-13)17-12-6-4-11(16)5-7-12/h4-9H,2-3H2,1H3,(H,17,18)(H,19,20). The fraction of sp³-hybridized carbons (Fsp3) is 0.200. The molecule has 4 nitrogen and oxygen atoms in total.